The summed E-state index contributed by atoms with van der Waals surface area (Å²) in [7, 11) is 16.0. The second kappa shape index (κ2) is 11.0. The van der Waals surface area contributed by atoms with E-state index >= 15 is 0 Å². The molecule has 2 aromatic carbocycles. The van der Waals surface area contributed by atoms with Crippen LogP contribution in [0.2, 0.25) is 0 Å². The van der Waals surface area contributed by atoms with E-state index in [0.717, 1.165) is 12.0 Å². The highest BCUT2D eigenvalue weighted by Crippen LogP contribution is 2.32. The molecule has 200 valence electrons. The number of carbonyl (C=O) groups is 3. The summed E-state index contributed by atoms with van der Waals surface area (Å²) in [5, 5.41) is 6.36. The Balaban J connectivity index is 1.33. The van der Waals surface area contributed by atoms with Crippen molar-refractivity contribution in [2.45, 2.75) is 68.9 Å². The Labute approximate surface area is 244 Å². The molecule has 0 bridgehead atoms. The van der Waals surface area contributed by atoms with E-state index in [0.29, 0.717) is 30.5 Å². The Bertz CT molecular complexity index is 1370. The summed E-state index contributed by atoms with van der Waals surface area (Å²) in [5.41, 5.74) is 11.3. The SMILES string of the molecule is Bc1c(B)c(B)c(C(B)(B)N[C@H]2CCCC[C@@H]2Cc2ccc3c(c2)CN(C2CCC(=O)NC2=O)C3=O)c(B)c1B. The van der Waals surface area contributed by atoms with Crippen LogP contribution < -0.4 is 37.9 Å². The number of rotatable bonds is 6. The first-order valence-electron chi connectivity index (χ1n) is 15.0. The van der Waals surface area contributed by atoms with E-state index < -0.39 is 6.04 Å². The molecule has 1 aliphatic carbocycles. The Kier molecular flexibility index (Phi) is 7.99. The van der Waals surface area contributed by atoms with Crippen LogP contribution in [0.4, 0.5) is 0 Å². The average Bonchev–Trinajstić information content (AvgIpc) is 3.22. The predicted molar refractivity (Wildman–Crippen MR) is 181 cm³/mol. The van der Waals surface area contributed by atoms with E-state index in [1.54, 1.807) is 4.90 Å². The molecule has 2 heterocycles. The van der Waals surface area contributed by atoms with Gasteiger partial charge in [0, 0.05) is 24.6 Å². The van der Waals surface area contributed by atoms with Crippen molar-refractivity contribution in [2.75, 3.05) is 0 Å². The fourth-order valence-corrected chi connectivity index (χ4v) is 7.67. The van der Waals surface area contributed by atoms with Gasteiger partial charge >= 0.3 is 0 Å². The van der Waals surface area contributed by atoms with Crippen LogP contribution in [-0.4, -0.2) is 89.6 Å². The van der Waals surface area contributed by atoms with Gasteiger partial charge in [0.05, 0.1) is 0 Å². The van der Waals surface area contributed by atoms with E-state index in [9.17, 15) is 14.4 Å². The number of hydrogen-bond acceptors (Lipinski definition) is 4. The van der Waals surface area contributed by atoms with Gasteiger partial charge < -0.3 is 10.2 Å². The van der Waals surface area contributed by atoms with Crippen LogP contribution in [0.25, 0.3) is 0 Å². The highest BCUT2D eigenvalue weighted by Gasteiger charge is 2.39. The van der Waals surface area contributed by atoms with Gasteiger partial charge in [0.2, 0.25) is 11.8 Å². The summed E-state index contributed by atoms with van der Waals surface area (Å²) in [4.78, 5) is 38.8. The Hall–Kier alpha value is -2.54. The number of fused-ring (bicyclic) bond motifs is 1. The minimum atomic E-state index is -0.573. The van der Waals surface area contributed by atoms with Crippen LogP contribution in [0.5, 0.6) is 0 Å². The molecule has 2 aliphatic heterocycles. The number of imide groups is 1. The van der Waals surface area contributed by atoms with Gasteiger partial charge in [0.1, 0.15) is 61.0 Å². The number of nitrogens with zero attached hydrogens (tertiary/aromatic N) is 1. The Morgan fingerprint density at radius 1 is 0.900 bits per heavy atom. The molecule has 3 amide bonds. The zero-order valence-corrected chi connectivity index (χ0v) is 25.3. The second-order valence-corrected chi connectivity index (χ2v) is 13.0. The summed E-state index contributed by atoms with van der Waals surface area (Å²) in [6, 6.07) is 6.06. The molecule has 13 heteroatoms. The van der Waals surface area contributed by atoms with Gasteiger partial charge in [-0.2, -0.15) is 0 Å². The van der Waals surface area contributed by atoms with Crippen LogP contribution >= 0.6 is 0 Å². The number of hydrogen-bond donors (Lipinski definition) is 2. The molecule has 1 saturated heterocycles. The number of nitrogens with one attached hydrogen (secondary N) is 2. The van der Waals surface area contributed by atoms with Crippen molar-refractivity contribution in [3.8, 4) is 0 Å². The van der Waals surface area contributed by atoms with Gasteiger partial charge in [-0.1, -0.05) is 41.5 Å². The maximum absolute atomic E-state index is 13.1. The molecule has 3 atom stereocenters. The smallest absolute Gasteiger partial charge is 0.255 e. The van der Waals surface area contributed by atoms with Crippen LogP contribution in [-0.2, 0) is 27.9 Å². The number of amides is 3. The van der Waals surface area contributed by atoms with Gasteiger partial charge in [-0.15, -0.1) is 16.4 Å². The van der Waals surface area contributed by atoms with Gasteiger partial charge in [-0.05, 0) is 54.1 Å². The van der Waals surface area contributed by atoms with E-state index in [1.807, 2.05) is 6.07 Å². The molecule has 5 rings (SSSR count). The minimum Gasteiger partial charge on any atom is -0.322 e. The van der Waals surface area contributed by atoms with Gasteiger partial charge in [0.25, 0.3) is 5.91 Å². The highest BCUT2D eigenvalue weighted by molar-refractivity contribution is 6.68. The standard InChI is InChI=1S/C27H38B7N3O3/c28-20-19(21(29)23(31)24(32)22(20)30)27(33,34)36-16-4-2-1-3-13(16)9-12-5-6-15-14(10-12)11-37(26(15)40)17-7-8-18(38)35-25(17)39/h5-6,10,13,16-17,36H,1-4,7-9,11,28-34H2,(H,35,38,39)/t13-,16+,17?/m1/s1. The van der Waals surface area contributed by atoms with Gasteiger partial charge in [-0.3, -0.25) is 19.7 Å². The third-order valence-corrected chi connectivity index (χ3v) is 10.2. The molecule has 1 saturated carbocycles. The van der Waals surface area contributed by atoms with Crippen molar-refractivity contribution in [1.29, 1.82) is 0 Å². The first kappa shape index (κ1) is 29.0. The first-order valence-corrected chi connectivity index (χ1v) is 15.0. The lowest BCUT2D eigenvalue weighted by Crippen LogP contribution is -2.63. The van der Waals surface area contributed by atoms with Crippen LogP contribution in [0.3, 0.4) is 0 Å². The van der Waals surface area contributed by atoms with E-state index in [2.05, 4.69) is 77.7 Å². The van der Waals surface area contributed by atoms with Crippen molar-refractivity contribution >= 4 is 100.0 Å². The molecule has 1 unspecified atom stereocenters. The van der Waals surface area contributed by atoms with Crippen molar-refractivity contribution in [3.63, 3.8) is 0 Å². The average molecular weight is 528 g/mol. The Morgan fingerprint density at radius 3 is 2.23 bits per heavy atom. The summed E-state index contributed by atoms with van der Waals surface area (Å²) >= 11 is 0. The zero-order chi connectivity index (χ0) is 28.9. The van der Waals surface area contributed by atoms with Crippen molar-refractivity contribution < 1.29 is 14.4 Å². The molecule has 2 fully saturated rings. The van der Waals surface area contributed by atoms with E-state index in [4.69, 9.17) is 0 Å². The first-order chi connectivity index (χ1) is 18.9. The third kappa shape index (κ3) is 5.26. The lowest BCUT2D eigenvalue weighted by Gasteiger charge is -2.42. The molecular formula is C27H38B7N3O3. The molecule has 0 spiro atoms. The lowest BCUT2D eigenvalue weighted by molar-refractivity contribution is -0.136. The second-order valence-electron chi connectivity index (χ2n) is 13.0. The number of benzene rings is 2. The fraction of sp³-hybridized carbons (Fsp3) is 0.444. The van der Waals surface area contributed by atoms with Crippen LogP contribution in [0.1, 0.15) is 65.6 Å². The fourth-order valence-electron chi connectivity index (χ4n) is 7.67. The number of carbonyl (C=O) groups excluding carboxylic acids is 3. The molecule has 6 nitrogen and oxygen atoms in total. The maximum Gasteiger partial charge on any atom is 0.255 e. The van der Waals surface area contributed by atoms with Crippen LogP contribution in [0, 0.1) is 5.92 Å². The maximum atomic E-state index is 13.1. The molecule has 40 heavy (non-hydrogen) atoms. The van der Waals surface area contributed by atoms with Crippen molar-refractivity contribution in [3.05, 3.63) is 40.5 Å². The quantitative estimate of drug-likeness (QED) is 0.289. The molecule has 2 aromatic rings. The lowest BCUT2D eigenvalue weighted by atomic mass is 9.49. The molecule has 3 aliphatic rings. The highest BCUT2D eigenvalue weighted by atomic mass is 16.2. The number of piperidine rings is 1. The van der Waals surface area contributed by atoms with Crippen molar-refractivity contribution in [2.24, 2.45) is 5.92 Å². The molecule has 0 radical (unpaired) electrons. The summed E-state index contributed by atoms with van der Waals surface area (Å²) < 4.78 is 0. The predicted octanol–water partition coefficient (Wildman–Crippen LogP) is -7.49. The topological polar surface area (TPSA) is 78.5 Å². The summed E-state index contributed by atoms with van der Waals surface area (Å²) in [6.07, 6.45) is 6.48. The summed E-state index contributed by atoms with van der Waals surface area (Å²) in [5.74, 6) is -0.211. The molecular weight excluding hydrogens is 490 g/mol. The largest absolute Gasteiger partial charge is 0.322 e. The monoisotopic (exact) mass is 529 g/mol. The molecule has 2 N–H and O–H groups in total. The molecule has 0 aromatic heterocycles. The van der Waals surface area contributed by atoms with Gasteiger partial charge in [0.15, 0.2) is 0 Å². The third-order valence-electron chi connectivity index (χ3n) is 10.2. The minimum absolute atomic E-state index is 0.107. The van der Waals surface area contributed by atoms with Crippen LogP contribution in [0.15, 0.2) is 18.2 Å². The Morgan fingerprint density at radius 2 is 1.55 bits per heavy atom. The van der Waals surface area contributed by atoms with E-state index in [-0.39, 0.29) is 29.5 Å². The normalized spacial score (nSPS) is 23.2. The van der Waals surface area contributed by atoms with Gasteiger partial charge in [-0.25, -0.2) is 0 Å². The summed E-state index contributed by atoms with van der Waals surface area (Å²) in [6.45, 7) is 0.429. The zero-order valence-electron chi connectivity index (χ0n) is 25.3. The van der Waals surface area contributed by atoms with E-state index in [1.165, 1.54) is 64.1 Å². The van der Waals surface area contributed by atoms with Crippen molar-refractivity contribution in [1.82, 2.24) is 15.5 Å².